The molecule has 0 bridgehead atoms. The molecule has 0 unspecified atom stereocenters. The summed E-state index contributed by atoms with van der Waals surface area (Å²) in [5.74, 6) is 1.40. The normalized spacial score (nSPS) is 31.3. The third-order valence-corrected chi connectivity index (χ3v) is 21.4. The standard InChI is InChI=1S/C39H66O4Si2/c1-28(18-15-16-20-36(40)41-10)33-23-24-34-30(19-17-25-39(33,34)9)21-22-31-26-32(42-44(11,12)37(3,4)5)27-35(29(31)2)43-45(13,14)38(6,7)8/h15-16,18,20-22,28,32-35H,2,17,19,23-27H2,1,3-14H3/b18-15+,20-16+,30-21+,31-22-/t28-,32-,33-,34+,35+,39-/m1/s1. The second-order valence-electron chi connectivity index (χ2n) is 17.5. The molecule has 3 aliphatic rings. The van der Waals surface area contributed by atoms with Gasteiger partial charge in [-0.1, -0.05) is 97.9 Å². The molecule has 3 saturated carbocycles. The molecule has 3 rings (SSSR count). The van der Waals surface area contributed by atoms with E-state index >= 15 is 0 Å². The van der Waals surface area contributed by atoms with Gasteiger partial charge in [0.25, 0.3) is 0 Å². The molecular formula is C39H66O4Si2. The quantitative estimate of drug-likeness (QED) is 0.107. The molecule has 254 valence electrons. The van der Waals surface area contributed by atoms with Crippen LogP contribution in [0.3, 0.4) is 0 Å². The lowest BCUT2D eigenvalue weighted by Crippen LogP contribution is -2.49. The van der Waals surface area contributed by atoms with Gasteiger partial charge in [0.15, 0.2) is 16.6 Å². The van der Waals surface area contributed by atoms with Crippen molar-refractivity contribution in [1.82, 2.24) is 0 Å². The summed E-state index contributed by atoms with van der Waals surface area (Å²) in [5.41, 5.74) is 4.39. The van der Waals surface area contributed by atoms with E-state index in [0.29, 0.717) is 23.2 Å². The predicted molar refractivity (Wildman–Crippen MR) is 196 cm³/mol. The molecule has 0 amide bonds. The number of fused-ring (bicyclic) bond motifs is 1. The first kappa shape index (κ1) is 38.0. The highest BCUT2D eigenvalue weighted by atomic mass is 28.4. The molecule has 0 saturated heterocycles. The molecule has 0 spiro atoms. The van der Waals surface area contributed by atoms with Crippen LogP contribution in [-0.2, 0) is 18.4 Å². The van der Waals surface area contributed by atoms with Crippen LogP contribution in [0.15, 0.2) is 59.8 Å². The Kier molecular flexibility index (Phi) is 12.1. The van der Waals surface area contributed by atoms with Gasteiger partial charge in [-0.05, 0) is 109 Å². The molecule has 0 aromatic carbocycles. The zero-order valence-corrected chi connectivity index (χ0v) is 33.1. The minimum absolute atomic E-state index is 0.00686. The molecule has 6 heteroatoms. The van der Waals surface area contributed by atoms with E-state index in [0.717, 1.165) is 18.4 Å². The Hall–Kier alpha value is -1.48. The highest BCUT2D eigenvalue weighted by Crippen LogP contribution is 2.59. The van der Waals surface area contributed by atoms with Crippen molar-refractivity contribution in [3.63, 3.8) is 0 Å². The maximum absolute atomic E-state index is 11.5. The number of esters is 1. The van der Waals surface area contributed by atoms with Crippen molar-refractivity contribution in [1.29, 1.82) is 0 Å². The Morgan fingerprint density at radius 3 is 2.20 bits per heavy atom. The molecule has 3 aliphatic carbocycles. The fraction of sp³-hybridized carbons (Fsp3) is 0.718. The third kappa shape index (κ3) is 8.91. The van der Waals surface area contributed by atoms with Gasteiger partial charge in [-0.15, -0.1) is 0 Å². The van der Waals surface area contributed by atoms with Crippen molar-refractivity contribution in [2.24, 2.45) is 23.2 Å². The number of ether oxygens (including phenoxy) is 1. The Labute approximate surface area is 279 Å². The number of hydrogen-bond donors (Lipinski definition) is 0. The number of methoxy groups -OCH3 is 1. The Morgan fingerprint density at radius 1 is 0.978 bits per heavy atom. The molecule has 0 aromatic heterocycles. The van der Waals surface area contributed by atoms with Crippen LogP contribution in [0, 0.1) is 23.2 Å². The van der Waals surface area contributed by atoms with E-state index in [-0.39, 0.29) is 28.3 Å². The largest absolute Gasteiger partial charge is 0.466 e. The summed E-state index contributed by atoms with van der Waals surface area (Å²) in [6.45, 7) is 33.0. The van der Waals surface area contributed by atoms with E-state index < -0.39 is 16.6 Å². The van der Waals surface area contributed by atoms with Crippen LogP contribution in [0.4, 0.5) is 0 Å². The minimum atomic E-state index is -1.99. The van der Waals surface area contributed by atoms with Gasteiger partial charge in [-0.2, -0.15) is 0 Å². The summed E-state index contributed by atoms with van der Waals surface area (Å²) >= 11 is 0. The average Bonchev–Trinajstić information content (AvgIpc) is 3.27. The molecule has 0 heterocycles. The van der Waals surface area contributed by atoms with Crippen molar-refractivity contribution in [3.8, 4) is 0 Å². The van der Waals surface area contributed by atoms with Gasteiger partial charge in [-0.25, -0.2) is 4.79 Å². The Balaban J connectivity index is 1.88. The second kappa shape index (κ2) is 14.3. The molecular weight excluding hydrogens is 589 g/mol. The molecule has 4 nitrogen and oxygen atoms in total. The number of allylic oxidation sites excluding steroid dienone is 6. The van der Waals surface area contributed by atoms with Crippen LogP contribution in [0.2, 0.25) is 36.3 Å². The third-order valence-electron chi connectivity index (χ3n) is 12.4. The minimum Gasteiger partial charge on any atom is -0.466 e. The summed E-state index contributed by atoms with van der Waals surface area (Å²) in [6.07, 6.45) is 20.6. The lowest BCUT2D eigenvalue weighted by molar-refractivity contribution is -0.134. The molecule has 3 fully saturated rings. The van der Waals surface area contributed by atoms with E-state index in [4.69, 9.17) is 13.6 Å². The van der Waals surface area contributed by atoms with Gasteiger partial charge in [0.2, 0.25) is 0 Å². The van der Waals surface area contributed by atoms with Crippen LogP contribution < -0.4 is 0 Å². The van der Waals surface area contributed by atoms with E-state index in [1.165, 1.54) is 50.9 Å². The molecule has 0 radical (unpaired) electrons. The van der Waals surface area contributed by atoms with E-state index in [9.17, 15) is 4.79 Å². The summed E-state index contributed by atoms with van der Waals surface area (Å²) in [7, 11) is -2.52. The van der Waals surface area contributed by atoms with Gasteiger partial charge < -0.3 is 13.6 Å². The topological polar surface area (TPSA) is 44.8 Å². The summed E-state index contributed by atoms with van der Waals surface area (Å²) in [5, 5.41) is 0.306. The van der Waals surface area contributed by atoms with Gasteiger partial charge in [0.1, 0.15) is 0 Å². The lowest BCUT2D eigenvalue weighted by Gasteiger charge is -2.45. The van der Waals surface area contributed by atoms with Crippen molar-refractivity contribution in [2.75, 3.05) is 7.11 Å². The number of rotatable bonds is 9. The molecule has 6 atom stereocenters. The predicted octanol–water partition coefficient (Wildman–Crippen LogP) is 11.1. The lowest BCUT2D eigenvalue weighted by atomic mass is 9.61. The smallest absolute Gasteiger partial charge is 0.330 e. The van der Waals surface area contributed by atoms with Crippen molar-refractivity contribution >= 4 is 22.6 Å². The van der Waals surface area contributed by atoms with Crippen LogP contribution in [-0.4, -0.2) is 41.9 Å². The van der Waals surface area contributed by atoms with E-state index in [2.05, 4.69) is 106 Å². The SMILES string of the molecule is C=C1/C(=C\C=C2/CCC[C@]3(C)[C@@H]([C@H](C)/C=C/C=C/C(=O)OC)CC[C@@H]23)C[C@@H](O[Si](C)(C)C(C)(C)C)C[C@@H]1O[Si](C)(C)C(C)(C)C. The first-order valence-electron chi connectivity index (χ1n) is 17.5. The number of carbonyl (C=O) groups is 1. The first-order valence-corrected chi connectivity index (χ1v) is 23.3. The maximum atomic E-state index is 11.5. The monoisotopic (exact) mass is 654 g/mol. The van der Waals surface area contributed by atoms with Crippen LogP contribution >= 0.6 is 0 Å². The van der Waals surface area contributed by atoms with Crippen molar-refractivity contribution < 1.29 is 18.4 Å². The molecule has 45 heavy (non-hydrogen) atoms. The highest BCUT2D eigenvalue weighted by molar-refractivity contribution is 6.74. The van der Waals surface area contributed by atoms with E-state index in [1.54, 1.807) is 11.6 Å². The highest BCUT2D eigenvalue weighted by Gasteiger charge is 2.50. The van der Waals surface area contributed by atoms with Crippen LogP contribution in [0.25, 0.3) is 0 Å². The summed E-state index contributed by atoms with van der Waals surface area (Å²) in [4.78, 5) is 11.5. The molecule has 0 aromatic rings. The van der Waals surface area contributed by atoms with Gasteiger partial charge >= 0.3 is 5.97 Å². The van der Waals surface area contributed by atoms with Gasteiger partial charge in [-0.3, -0.25) is 0 Å². The van der Waals surface area contributed by atoms with Gasteiger partial charge in [0.05, 0.1) is 19.3 Å². The van der Waals surface area contributed by atoms with Crippen LogP contribution in [0.5, 0.6) is 0 Å². The Morgan fingerprint density at radius 2 is 1.60 bits per heavy atom. The summed E-state index contributed by atoms with van der Waals surface area (Å²) in [6, 6.07) is 0. The van der Waals surface area contributed by atoms with Gasteiger partial charge in [0, 0.05) is 12.5 Å². The second-order valence-corrected chi connectivity index (χ2v) is 27.0. The van der Waals surface area contributed by atoms with Crippen LogP contribution in [0.1, 0.15) is 100 Å². The summed E-state index contributed by atoms with van der Waals surface area (Å²) < 4.78 is 18.9. The Bertz CT molecular complexity index is 1190. The average molecular weight is 655 g/mol. The first-order chi connectivity index (χ1) is 20.6. The number of carbonyl (C=O) groups excluding carboxylic acids is 1. The van der Waals surface area contributed by atoms with Crippen molar-refractivity contribution in [2.45, 2.75) is 149 Å². The maximum Gasteiger partial charge on any atom is 0.330 e. The van der Waals surface area contributed by atoms with Crippen molar-refractivity contribution in [3.05, 3.63) is 59.8 Å². The van der Waals surface area contributed by atoms with E-state index in [1.807, 2.05) is 6.08 Å². The molecule has 0 aliphatic heterocycles. The fourth-order valence-corrected chi connectivity index (χ4v) is 10.2. The fourth-order valence-electron chi connectivity index (χ4n) is 7.48. The number of hydrogen-bond acceptors (Lipinski definition) is 4. The zero-order chi connectivity index (χ0) is 34.0. The molecule has 0 N–H and O–H groups in total. The zero-order valence-electron chi connectivity index (χ0n) is 31.1.